The zero-order chi connectivity index (χ0) is 19.1. The molecule has 1 saturated heterocycles. The van der Waals surface area contributed by atoms with Crippen LogP contribution in [0.2, 0.25) is 0 Å². The number of benzene rings is 1. The SMILES string of the molecule is C=C(S/C(C(=O)NCCC1CCCN1C)=C(/C)N)c1cccc(SC)c1. The molecule has 1 aliphatic heterocycles. The van der Waals surface area contributed by atoms with Crippen LogP contribution in [0.25, 0.3) is 4.91 Å². The van der Waals surface area contributed by atoms with Crippen LogP contribution in [-0.4, -0.2) is 43.2 Å². The molecule has 0 radical (unpaired) electrons. The number of hydrogen-bond donors (Lipinski definition) is 2. The minimum atomic E-state index is -0.113. The van der Waals surface area contributed by atoms with Crippen LogP contribution in [0.5, 0.6) is 0 Å². The summed E-state index contributed by atoms with van der Waals surface area (Å²) in [7, 11) is 2.15. The molecular formula is C20H29N3OS2. The maximum atomic E-state index is 12.6. The van der Waals surface area contributed by atoms with E-state index >= 15 is 0 Å². The van der Waals surface area contributed by atoms with E-state index in [9.17, 15) is 4.79 Å². The van der Waals surface area contributed by atoms with Gasteiger partial charge in [-0.3, -0.25) is 4.79 Å². The molecule has 0 bridgehead atoms. The van der Waals surface area contributed by atoms with E-state index in [-0.39, 0.29) is 5.91 Å². The highest BCUT2D eigenvalue weighted by molar-refractivity contribution is 8.12. The quantitative estimate of drug-likeness (QED) is 0.520. The molecule has 0 aliphatic carbocycles. The Bertz CT molecular complexity index is 683. The topological polar surface area (TPSA) is 58.4 Å². The lowest BCUT2D eigenvalue weighted by Gasteiger charge is -2.19. The molecule has 3 N–H and O–H groups in total. The molecule has 1 aliphatic rings. The lowest BCUT2D eigenvalue weighted by Crippen LogP contribution is -2.32. The Morgan fingerprint density at radius 3 is 2.85 bits per heavy atom. The molecule has 0 aromatic heterocycles. The summed E-state index contributed by atoms with van der Waals surface area (Å²) in [5.74, 6) is -0.113. The van der Waals surface area contributed by atoms with E-state index in [4.69, 9.17) is 5.73 Å². The van der Waals surface area contributed by atoms with E-state index in [1.807, 2.05) is 18.4 Å². The first-order chi connectivity index (χ1) is 12.4. The molecule has 26 heavy (non-hydrogen) atoms. The largest absolute Gasteiger partial charge is 0.401 e. The van der Waals surface area contributed by atoms with Crippen LogP contribution in [-0.2, 0) is 4.79 Å². The van der Waals surface area contributed by atoms with Crippen LogP contribution < -0.4 is 11.1 Å². The van der Waals surface area contributed by atoms with Gasteiger partial charge >= 0.3 is 0 Å². The van der Waals surface area contributed by atoms with Crippen molar-refractivity contribution < 1.29 is 4.79 Å². The second kappa shape index (κ2) is 10.1. The summed E-state index contributed by atoms with van der Waals surface area (Å²) in [5.41, 5.74) is 7.52. The zero-order valence-corrected chi connectivity index (χ0v) is 17.5. The highest BCUT2D eigenvalue weighted by Crippen LogP contribution is 2.34. The van der Waals surface area contributed by atoms with Gasteiger partial charge in [0.2, 0.25) is 0 Å². The standard InChI is InChI=1S/C20H29N3OS2/c1-14(21)19(20(24)22-11-10-17-8-6-12-23(17)3)26-15(2)16-7-5-9-18(13-16)25-4/h5,7,9,13,17H,2,6,8,10-12,21H2,1,3-4H3,(H,22,24)/b19-14-. The number of hydrogen-bond acceptors (Lipinski definition) is 5. The first-order valence-corrected chi connectivity index (χ1v) is 10.9. The van der Waals surface area contributed by atoms with Gasteiger partial charge in [-0.2, -0.15) is 0 Å². The summed E-state index contributed by atoms with van der Waals surface area (Å²) in [4.78, 5) is 17.5. The Labute approximate surface area is 165 Å². The molecule has 0 spiro atoms. The molecule has 1 fully saturated rings. The van der Waals surface area contributed by atoms with E-state index in [1.54, 1.807) is 18.7 Å². The maximum absolute atomic E-state index is 12.6. The lowest BCUT2D eigenvalue weighted by atomic mass is 10.1. The maximum Gasteiger partial charge on any atom is 0.259 e. The third-order valence-electron chi connectivity index (χ3n) is 4.62. The fraction of sp³-hybridized carbons (Fsp3) is 0.450. The Morgan fingerprint density at radius 1 is 1.46 bits per heavy atom. The Hall–Kier alpha value is -1.37. The predicted octanol–water partition coefficient (Wildman–Crippen LogP) is 3.90. The van der Waals surface area contributed by atoms with Crippen LogP contribution in [0.1, 0.15) is 31.7 Å². The molecule has 6 heteroatoms. The number of thioether (sulfide) groups is 2. The number of carbonyl (C=O) groups is 1. The van der Waals surface area contributed by atoms with Crippen molar-refractivity contribution in [3.05, 3.63) is 47.0 Å². The molecule has 1 amide bonds. The van der Waals surface area contributed by atoms with Crippen LogP contribution in [0, 0.1) is 0 Å². The number of likely N-dealkylation sites (tertiary alicyclic amines) is 1. The third-order valence-corrected chi connectivity index (χ3v) is 6.53. The summed E-state index contributed by atoms with van der Waals surface area (Å²) in [6, 6.07) is 8.72. The van der Waals surface area contributed by atoms with Gasteiger partial charge in [0.05, 0.1) is 4.91 Å². The van der Waals surface area contributed by atoms with Crippen molar-refractivity contribution in [1.29, 1.82) is 0 Å². The number of nitrogens with two attached hydrogens (primary N) is 1. The second-order valence-electron chi connectivity index (χ2n) is 6.59. The van der Waals surface area contributed by atoms with Gasteiger partial charge < -0.3 is 16.0 Å². The first kappa shape index (κ1) is 20.9. The van der Waals surface area contributed by atoms with Crippen LogP contribution >= 0.6 is 23.5 Å². The average Bonchev–Trinajstić information content (AvgIpc) is 3.04. The molecule has 1 heterocycles. The number of nitrogens with one attached hydrogen (secondary N) is 1. The highest BCUT2D eigenvalue weighted by Gasteiger charge is 2.21. The van der Waals surface area contributed by atoms with Gasteiger partial charge in [-0.25, -0.2) is 0 Å². The minimum Gasteiger partial charge on any atom is -0.401 e. The zero-order valence-electron chi connectivity index (χ0n) is 15.9. The summed E-state index contributed by atoms with van der Waals surface area (Å²) in [5, 5.41) is 3.02. The minimum absolute atomic E-state index is 0.113. The van der Waals surface area contributed by atoms with Gasteiger partial charge in [-0.15, -0.1) is 11.8 Å². The molecule has 4 nitrogen and oxygen atoms in total. The Kier molecular flexibility index (Phi) is 8.13. The van der Waals surface area contributed by atoms with E-state index in [1.165, 1.54) is 29.5 Å². The van der Waals surface area contributed by atoms with Crippen molar-refractivity contribution in [2.75, 3.05) is 26.4 Å². The van der Waals surface area contributed by atoms with Crippen LogP contribution in [0.3, 0.4) is 0 Å². The molecular weight excluding hydrogens is 362 g/mol. The monoisotopic (exact) mass is 391 g/mol. The smallest absolute Gasteiger partial charge is 0.259 e. The van der Waals surface area contributed by atoms with Crippen LogP contribution in [0.4, 0.5) is 0 Å². The lowest BCUT2D eigenvalue weighted by molar-refractivity contribution is -0.116. The molecule has 1 atom stereocenters. The Morgan fingerprint density at radius 2 is 2.23 bits per heavy atom. The summed E-state index contributed by atoms with van der Waals surface area (Å²) in [6.07, 6.45) is 5.47. The van der Waals surface area contributed by atoms with E-state index < -0.39 is 0 Å². The van der Waals surface area contributed by atoms with E-state index in [0.717, 1.165) is 23.4 Å². The van der Waals surface area contributed by atoms with Crippen molar-refractivity contribution in [1.82, 2.24) is 10.2 Å². The van der Waals surface area contributed by atoms with Crippen LogP contribution in [0.15, 0.2) is 46.3 Å². The van der Waals surface area contributed by atoms with Gasteiger partial charge in [0, 0.05) is 28.1 Å². The van der Waals surface area contributed by atoms with Crippen molar-refractivity contribution in [3.8, 4) is 0 Å². The number of allylic oxidation sites excluding steroid dienone is 1. The normalized spacial score (nSPS) is 18.5. The van der Waals surface area contributed by atoms with Crippen molar-refractivity contribution >= 4 is 34.3 Å². The Balaban J connectivity index is 1.94. The molecule has 2 rings (SSSR count). The summed E-state index contributed by atoms with van der Waals surface area (Å²) < 4.78 is 0. The second-order valence-corrected chi connectivity index (χ2v) is 8.58. The first-order valence-electron chi connectivity index (χ1n) is 8.88. The predicted molar refractivity (Wildman–Crippen MR) is 115 cm³/mol. The summed E-state index contributed by atoms with van der Waals surface area (Å²) >= 11 is 3.03. The fourth-order valence-electron chi connectivity index (χ4n) is 3.06. The third kappa shape index (κ3) is 5.83. The summed E-state index contributed by atoms with van der Waals surface area (Å²) in [6.45, 7) is 7.71. The number of rotatable bonds is 8. The van der Waals surface area contributed by atoms with E-state index in [0.29, 0.717) is 23.2 Å². The average molecular weight is 392 g/mol. The van der Waals surface area contributed by atoms with E-state index in [2.05, 4.69) is 36.0 Å². The number of nitrogens with zero attached hydrogens (tertiary/aromatic N) is 1. The van der Waals surface area contributed by atoms with Crippen molar-refractivity contribution in [2.45, 2.75) is 37.1 Å². The molecule has 1 aromatic rings. The molecule has 0 saturated carbocycles. The van der Waals surface area contributed by atoms with Crippen molar-refractivity contribution in [3.63, 3.8) is 0 Å². The molecule has 1 unspecified atom stereocenters. The number of carbonyl (C=O) groups excluding carboxylic acids is 1. The van der Waals surface area contributed by atoms with Gasteiger partial charge in [0.25, 0.3) is 5.91 Å². The van der Waals surface area contributed by atoms with Gasteiger partial charge in [-0.1, -0.05) is 30.5 Å². The highest BCUT2D eigenvalue weighted by atomic mass is 32.2. The van der Waals surface area contributed by atoms with Crippen molar-refractivity contribution in [2.24, 2.45) is 5.73 Å². The molecule has 142 valence electrons. The molecule has 1 aromatic carbocycles. The van der Waals surface area contributed by atoms with Gasteiger partial charge in [0.1, 0.15) is 0 Å². The van der Waals surface area contributed by atoms with Gasteiger partial charge in [-0.05, 0) is 63.7 Å². The van der Waals surface area contributed by atoms with Gasteiger partial charge in [0.15, 0.2) is 0 Å². The number of amides is 1. The fourth-order valence-corrected chi connectivity index (χ4v) is 4.34.